The summed E-state index contributed by atoms with van der Waals surface area (Å²) in [6.07, 6.45) is 34.3. The zero-order valence-corrected chi connectivity index (χ0v) is 93.3. The molecule has 728 valence electrons. The van der Waals surface area contributed by atoms with Gasteiger partial charge in [-0.05, 0) is 220 Å². The van der Waals surface area contributed by atoms with Gasteiger partial charge in [0.25, 0.3) is 0 Å². The van der Waals surface area contributed by atoms with Gasteiger partial charge in [-0.1, -0.05) is 553 Å². The monoisotopic (exact) mass is 1790 g/mol. The van der Waals surface area contributed by atoms with Crippen LogP contribution in [0.5, 0.6) is 0 Å². The summed E-state index contributed by atoms with van der Waals surface area (Å²) in [7, 11) is -2.91. The van der Waals surface area contributed by atoms with Crippen molar-refractivity contribution in [2.75, 3.05) is 0 Å². The molecule has 0 N–H and O–H groups in total. The van der Waals surface area contributed by atoms with Gasteiger partial charge in [0.1, 0.15) is 16.8 Å². The normalized spacial score (nSPS) is 13.8. The average molecular weight is 1790 g/mol. The standard InChI is InChI=1S/C126H201O3P/c1-43-46-49-52-55-58-61-64-67-70-91(4)124(100-79-73-94(112(7,8)9)85-106(100)118(25,26)27,101-80-74-95(113(10,11)12)86-107(101)119(28,29)30)127-130(128-125(92(5)71-68-65-62-59-56-53-50-47-44-2,102-81-75-96(114(13,14)15)87-108(102)120(31,32)33)103-82-76-97(115(16,17)18)88-109(103)121(34,35)36)129-126(93(6)72-69-66-63-60-57-54-51-48-45-3,104-83-77-98(116(19,20)21)89-110(104)122(37,38)39)105-84-78-99(117(22,23)24)90-111(105)123(40,41)42/h73-90H,4-6,43-72H2,1-3,7-42H3. The van der Waals surface area contributed by atoms with Gasteiger partial charge >= 0.3 is 8.60 Å². The van der Waals surface area contributed by atoms with Crippen molar-refractivity contribution < 1.29 is 13.6 Å². The molecule has 0 atom stereocenters. The second-order valence-corrected chi connectivity index (χ2v) is 53.6. The van der Waals surface area contributed by atoms with Crippen LogP contribution in [0.15, 0.2) is 146 Å². The number of rotatable bonds is 45. The Hall–Kier alpha value is -5.15. The Morgan fingerprint density at radius 2 is 0.315 bits per heavy atom. The van der Waals surface area contributed by atoms with Gasteiger partial charge in [0.05, 0.1) is 0 Å². The lowest BCUT2D eigenvalue weighted by atomic mass is 9.67. The predicted octanol–water partition coefficient (Wildman–Crippen LogP) is 40.1. The molecule has 3 nitrogen and oxygen atoms in total. The first-order valence-corrected chi connectivity index (χ1v) is 53.7. The van der Waals surface area contributed by atoms with Gasteiger partial charge in [-0.2, -0.15) is 0 Å². The molecule has 6 aromatic carbocycles. The molecule has 0 fully saturated rings. The van der Waals surface area contributed by atoms with Crippen molar-refractivity contribution in [3.05, 3.63) is 246 Å². The summed E-state index contributed by atoms with van der Waals surface area (Å²) in [4.78, 5) is 0. The van der Waals surface area contributed by atoms with Gasteiger partial charge in [-0.15, -0.1) is 0 Å². The second kappa shape index (κ2) is 45.9. The van der Waals surface area contributed by atoms with Crippen LogP contribution in [-0.2, 0) is 95.4 Å². The molecule has 0 heterocycles. The Bertz CT molecular complexity index is 3890. The van der Waals surface area contributed by atoms with Crippen molar-refractivity contribution in [3.63, 3.8) is 0 Å². The lowest BCUT2D eigenvalue weighted by molar-refractivity contribution is 0.00984. The molecule has 0 aliphatic carbocycles. The number of benzene rings is 6. The Morgan fingerprint density at radius 3 is 0.438 bits per heavy atom. The molecule has 0 spiro atoms. The molecule has 6 rings (SSSR count). The van der Waals surface area contributed by atoms with Crippen LogP contribution in [0.3, 0.4) is 0 Å². The van der Waals surface area contributed by atoms with Crippen LogP contribution in [0, 0.1) is 0 Å². The first-order valence-electron chi connectivity index (χ1n) is 52.6. The third-order valence-electron chi connectivity index (χ3n) is 28.3. The number of hydrogen-bond donors (Lipinski definition) is 0. The fourth-order valence-corrected chi connectivity index (χ4v) is 21.3. The molecule has 0 saturated heterocycles. The topological polar surface area (TPSA) is 27.7 Å². The van der Waals surface area contributed by atoms with Crippen LogP contribution in [0.2, 0.25) is 0 Å². The molecular formula is C126H201O3P. The molecule has 130 heavy (non-hydrogen) atoms. The highest BCUT2D eigenvalue weighted by atomic mass is 31.2. The van der Waals surface area contributed by atoms with Crippen LogP contribution in [0.1, 0.15) is 563 Å². The van der Waals surface area contributed by atoms with Crippen molar-refractivity contribution in [1.29, 1.82) is 0 Å². The van der Waals surface area contributed by atoms with Crippen LogP contribution in [-0.4, -0.2) is 0 Å². The van der Waals surface area contributed by atoms with Gasteiger partial charge < -0.3 is 0 Å². The van der Waals surface area contributed by atoms with Gasteiger partial charge in [0, 0.05) is 0 Å². The Morgan fingerprint density at radius 1 is 0.185 bits per heavy atom. The molecule has 4 heteroatoms. The van der Waals surface area contributed by atoms with E-state index in [0.29, 0.717) is 19.3 Å². The van der Waals surface area contributed by atoms with E-state index in [-0.39, 0.29) is 32.5 Å². The van der Waals surface area contributed by atoms with E-state index in [1.54, 1.807) is 0 Å². The molecule has 6 aromatic rings. The summed E-state index contributed by atoms with van der Waals surface area (Å²) in [5.41, 5.74) is 16.0. The van der Waals surface area contributed by atoms with Gasteiger partial charge in [0.2, 0.25) is 0 Å². The number of unbranched alkanes of at least 4 members (excludes halogenated alkanes) is 24. The van der Waals surface area contributed by atoms with E-state index in [2.05, 4.69) is 379 Å². The highest BCUT2D eigenvalue weighted by molar-refractivity contribution is 7.41. The Balaban J connectivity index is 2.22. The molecule has 0 aromatic heterocycles. The van der Waals surface area contributed by atoms with E-state index in [1.807, 2.05) is 0 Å². The van der Waals surface area contributed by atoms with Crippen LogP contribution in [0.25, 0.3) is 0 Å². The smallest absolute Gasteiger partial charge is 0.291 e. The van der Waals surface area contributed by atoms with Gasteiger partial charge in [-0.25, -0.2) is 0 Å². The largest absolute Gasteiger partial charge is 0.337 e. The summed E-state index contributed by atoms with van der Waals surface area (Å²) in [5.74, 6) is 0. The molecule has 0 aliphatic rings. The van der Waals surface area contributed by atoms with E-state index in [9.17, 15) is 13.6 Å². The summed E-state index contributed by atoms with van der Waals surface area (Å²) in [6.45, 7) is 111. The first-order chi connectivity index (χ1) is 59.7. The fourth-order valence-electron chi connectivity index (χ4n) is 19.6. The second-order valence-electron chi connectivity index (χ2n) is 52.6. The van der Waals surface area contributed by atoms with E-state index >= 15 is 0 Å². The molecule has 0 unspecified atom stereocenters. The average Bonchev–Trinajstić information content (AvgIpc) is 0.711. The minimum atomic E-state index is -2.91. The summed E-state index contributed by atoms with van der Waals surface area (Å²) < 4.78 is 29.6. The third-order valence-corrected chi connectivity index (χ3v) is 29.6. The van der Waals surface area contributed by atoms with Crippen molar-refractivity contribution in [2.24, 2.45) is 0 Å². The number of hydrogen-bond acceptors (Lipinski definition) is 3. The summed E-state index contributed by atoms with van der Waals surface area (Å²) >= 11 is 0. The zero-order chi connectivity index (χ0) is 98.3. The van der Waals surface area contributed by atoms with Crippen molar-refractivity contribution in [3.8, 4) is 0 Å². The van der Waals surface area contributed by atoms with E-state index in [1.165, 1.54) is 182 Å². The fraction of sp³-hybridized carbons (Fsp3) is 0.667. The molecule has 0 bridgehead atoms. The molecular weight excluding hydrogens is 1590 g/mol. The van der Waals surface area contributed by atoms with E-state index in [0.717, 1.165) is 108 Å². The molecule has 0 saturated carbocycles. The lowest BCUT2D eigenvalue weighted by Gasteiger charge is -2.50. The minimum absolute atomic E-state index is 0.205. The van der Waals surface area contributed by atoms with Crippen LogP contribution in [0.4, 0.5) is 0 Å². The zero-order valence-electron chi connectivity index (χ0n) is 92.4. The van der Waals surface area contributed by atoms with E-state index in [4.69, 9.17) is 19.7 Å². The first kappa shape index (κ1) is 114. The van der Waals surface area contributed by atoms with Crippen LogP contribution >= 0.6 is 8.60 Å². The quantitative estimate of drug-likeness (QED) is 0.0217. The Labute approximate surface area is 807 Å². The van der Waals surface area contributed by atoms with Crippen molar-refractivity contribution in [1.82, 2.24) is 0 Å². The maximum atomic E-state index is 9.87. The van der Waals surface area contributed by atoms with Crippen molar-refractivity contribution in [2.45, 2.75) is 544 Å². The van der Waals surface area contributed by atoms with Gasteiger partial charge in [-0.3, -0.25) is 13.6 Å². The maximum absolute atomic E-state index is 9.87. The third kappa shape index (κ3) is 29.9. The highest BCUT2D eigenvalue weighted by Gasteiger charge is 2.57. The maximum Gasteiger partial charge on any atom is 0.337 e. The summed E-state index contributed by atoms with van der Waals surface area (Å²) in [5, 5.41) is 0. The molecule has 0 radical (unpaired) electrons. The van der Waals surface area contributed by atoms with E-state index < -0.39 is 57.9 Å². The summed E-state index contributed by atoms with van der Waals surface area (Å²) in [6, 6.07) is 45.1. The van der Waals surface area contributed by atoms with Crippen molar-refractivity contribution >= 4 is 8.60 Å². The Kier molecular flexibility index (Phi) is 40.1. The van der Waals surface area contributed by atoms with Crippen LogP contribution < -0.4 is 0 Å². The SMILES string of the molecule is C=C(CCCCCCCCCCC)C(OP(OC(C(=C)CCCCCCCCCCC)(c1ccc(C(C)(C)C)cc1C(C)(C)C)c1ccc(C(C)(C)C)cc1C(C)(C)C)OC(C(=C)CCCCCCCCCCC)(c1ccc(C(C)(C)C)cc1C(C)(C)C)c1ccc(C(C)(C)C)cc1C(C)(C)C)(c1ccc(C(C)(C)C)cc1C(C)(C)C)c1ccc(C(C)(C)C)cc1C(C)(C)C. The van der Waals surface area contributed by atoms with Gasteiger partial charge in [0.15, 0.2) is 0 Å². The lowest BCUT2D eigenvalue weighted by Crippen LogP contribution is -2.43. The molecule has 0 amide bonds. The minimum Gasteiger partial charge on any atom is -0.291 e. The predicted molar refractivity (Wildman–Crippen MR) is 579 cm³/mol. The highest BCUT2D eigenvalue weighted by Crippen LogP contribution is 2.68. The molecule has 0 aliphatic heterocycles.